The topological polar surface area (TPSA) is 29.1 Å². The van der Waals surface area contributed by atoms with Crippen LogP contribution in [0.4, 0.5) is 0 Å². The molecule has 0 aliphatic carbocycles. The van der Waals surface area contributed by atoms with Crippen LogP contribution in [-0.4, -0.2) is 20.3 Å². The Kier molecular flexibility index (Phi) is 6.22. The van der Waals surface area contributed by atoms with Gasteiger partial charge in [0.2, 0.25) is 0 Å². The summed E-state index contributed by atoms with van der Waals surface area (Å²) in [7, 11) is -1.20. The largest absolute Gasteiger partial charge is 0.237 e. The molecular formula is C18H21NOS3. The maximum Gasteiger partial charge on any atom is 0.125 e. The molecule has 1 saturated heterocycles. The summed E-state index contributed by atoms with van der Waals surface area (Å²) >= 11 is 3.94. The summed E-state index contributed by atoms with van der Waals surface area (Å²) < 4.78 is 16.5. The molecule has 1 unspecified atom stereocenters. The summed E-state index contributed by atoms with van der Waals surface area (Å²) in [5, 5.41) is 0. The summed E-state index contributed by atoms with van der Waals surface area (Å²) in [5.74, 6) is 2.36. The van der Waals surface area contributed by atoms with Crippen LogP contribution >= 0.6 is 23.5 Å². The molecule has 2 aromatic carbocycles. The number of benzene rings is 2. The van der Waals surface area contributed by atoms with Gasteiger partial charge in [-0.1, -0.05) is 48.0 Å². The molecule has 1 aliphatic heterocycles. The minimum atomic E-state index is -1.20. The minimum Gasteiger partial charge on any atom is -0.237 e. The van der Waals surface area contributed by atoms with E-state index >= 15 is 0 Å². The third-order valence-corrected chi connectivity index (χ3v) is 7.99. The van der Waals surface area contributed by atoms with Gasteiger partial charge in [0.1, 0.15) is 11.0 Å². The molecule has 1 aliphatic rings. The van der Waals surface area contributed by atoms with Crippen LogP contribution in [0.1, 0.15) is 23.6 Å². The highest BCUT2D eigenvalue weighted by Gasteiger charge is 2.27. The molecule has 2 aromatic rings. The molecule has 23 heavy (non-hydrogen) atoms. The van der Waals surface area contributed by atoms with Gasteiger partial charge in [0, 0.05) is 0 Å². The van der Waals surface area contributed by atoms with E-state index in [2.05, 4.69) is 29.0 Å². The fourth-order valence-corrected chi connectivity index (χ4v) is 6.75. The lowest BCUT2D eigenvalue weighted by molar-refractivity contribution is 0.647. The molecule has 0 spiro atoms. The van der Waals surface area contributed by atoms with Gasteiger partial charge in [-0.3, -0.25) is 0 Å². The van der Waals surface area contributed by atoms with Gasteiger partial charge in [-0.15, -0.1) is 23.5 Å². The molecule has 1 fully saturated rings. The van der Waals surface area contributed by atoms with Gasteiger partial charge in [0.25, 0.3) is 0 Å². The van der Waals surface area contributed by atoms with E-state index in [-0.39, 0.29) is 6.04 Å². The fourth-order valence-electron chi connectivity index (χ4n) is 2.48. The van der Waals surface area contributed by atoms with Crippen LogP contribution in [-0.2, 0) is 11.0 Å². The number of hydrogen-bond donors (Lipinski definition) is 1. The first-order chi connectivity index (χ1) is 11.2. The average molecular weight is 364 g/mol. The van der Waals surface area contributed by atoms with E-state index in [1.54, 1.807) is 0 Å². The molecule has 0 amide bonds. The Bertz CT molecular complexity index is 639. The first kappa shape index (κ1) is 17.1. The number of rotatable bonds is 5. The van der Waals surface area contributed by atoms with E-state index in [0.717, 1.165) is 4.90 Å². The van der Waals surface area contributed by atoms with Crippen molar-refractivity contribution < 1.29 is 4.21 Å². The summed E-state index contributed by atoms with van der Waals surface area (Å²) in [4.78, 5) is 0.836. The Balaban J connectivity index is 1.80. The van der Waals surface area contributed by atoms with Crippen LogP contribution in [0, 0.1) is 6.92 Å². The first-order valence-corrected chi connectivity index (χ1v) is 11.0. The molecule has 2 atom stereocenters. The van der Waals surface area contributed by atoms with Gasteiger partial charge in [-0.05, 0) is 42.5 Å². The molecule has 5 heteroatoms. The van der Waals surface area contributed by atoms with Crippen molar-refractivity contribution >= 4 is 34.5 Å². The average Bonchev–Trinajstić information content (AvgIpc) is 2.61. The Labute approximate surface area is 149 Å². The highest BCUT2D eigenvalue weighted by Crippen LogP contribution is 2.39. The summed E-state index contributed by atoms with van der Waals surface area (Å²) in [6.07, 6.45) is 1.26. The predicted octanol–water partition coefficient (Wildman–Crippen LogP) is 4.54. The van der Waals surface area contributed by atoms with Gasteiger partial charge < -0.3 is 0 Å². The van der Waals surface area contributed by atoms with Crippen LogP contribution < -0.4 is 4.72 Å². The third-order valence-electron chi connectivity index (χ3n) is 3.75. The molecule has 0 aromatic heterocycles. The van der Waals surface area contributed by atoms with Crippen molar-refractivity contribution in [2.75, 3.05) is 11.5 Å². The normalized spacial score (nSPS) is 18.5. The van der Waals surface area contributed by atoms with Crippen molar-refractivity contribution in [2.24, 2.45) is 0 Å². The zero-order valence-electron chi connectivity index (χ0n) is 13.1. The minimum absolute atomic E-state index is 0.0913. The van der Waals surface area contributed by atoms with Crippen LogP contribution in [0.15, 0.2) is 59.5 Å². The number of hydrogen-bond acceptors (Lipinski definition) is 3. The Morgan fingerprint density at radius 1 is 1.04 bits per heavy atom. The lowest BCUT2D eigenvalue weighted by Crippen LogP contribution is -2.31. The van der Waals surface area contributed by atoms with Crippen LogP contribution in [0.5, 0.6) is 0 Å². The van der Waals surface area contributed by atoms with Gasteiger partial charge in [0.15, 0.2) is 0 Å². The van der Waals surface area contributed by atoms with Crippen molar-refractivity contribution in [3.8, 4) is 0 Å². The SMILES string of the molecule is Cc1ccc(S(=O)N[C@H](c2ccccc2)C2SCCCS2)cc1. The standard InChI is InChI=1S/C18H21NOS3/c1-14-8-10-16(11-9-14)23(20)19-17(15-6-3-2-4-7-15)18-21-12-5-13-22-18/h2-4,6-11,17-19H,5,12-13H2,1H3/t17-,23?/m1/s1. The zero-order chi connectivity index (χ0) is 16.1. The lowest BCUT2D eigenvalue weighted by atomic mass is 10.1. The summed E-state index contributed by atoms with van der Waals surface area (Å²) in [5.41, 5.74) is 2.39. The second kappa shape index (κ2) is 8.38. The lowest BCUT2D eigenvalue weighted by Gasteiger charge is -2.30. The van der Waals surface area contributed by atoms with Gasteiger partial charge in [-0.2, -0.15) is 0 Å². The second-order valence-electron chi connectivity index (χ2n) is 5.55. The molecule has 122 valence electrons. The predicted molar refractivity (Wildman–Crippen MR) is 103 cm³/mol. The van der Waals surface area contributed by atoms with Gasteiger partial charge in [-0.25, -0.2) is 8.93 Å². The fraction of sp³-hybridized carbons (Fsp3) is 0.333. The first-order valence-electron chi connectivity index (χ1n) is 7.77. The number of thioether (sulfide) groups is 2. The van der Waals surface area contributed by atoms with Crippen molar-refractivity contribution in [1.82, 2.24) is 4.72 Å². The van der Waals surface area contributed by atoms with E-state index in [0.29, 0.717) is 4.58 Å². The molecule has 1 N–H and O–H groups in total. The second-order valence-corrected chi connectivity index (χ2v) is 9.59. The van der Waals surface area contributed by atoms with Crippen molar-refractivity contribution in [3.05, 3.63) is 65.7 Å². The summed E-state index contributed by atoms with van der Waals surface area (Å²) in [6, 6.07) is 18.4. The Hall–Kier alpha value is -0.750. The van der Waals surface area contributed by atoms with E-state index in [1.807, 2.05) is 60.8 Å². The van der Waals surface area contributed by atoms with Crippen LogP contribution in [0.3, 0.4) is 0 Å². The van der Waals surface area contributed by atoms with Crippen molar-refractivity contribution in [1.29, 1.82) is 0 Å². The molecular weight excluding hydrogens is 342 g/mol. The molecule has 0 bridgehead atoms. The van der Waals surface area contributed by atoms with Crippen molar-refractivity contribution in [3.63, 3.8) is 0 Å². The highest BCUT2D eigenvalue weighted by molar-refractivity contribution is 8.17. The maximum atomic E-state index is 12.8. The van der Waals surface area contributed by atoms with E-state index in [1.165, 1.54) is 29.1 Å². The molecule has 0 radical (unpaired) electrons. The molecule has 2 nitrogen and oxygen atoms in total. The Morgan fingerprint density at radius 3 is 2.35 bits per heavy atom. The van der Waals surface area contributed by atoms with Crippen LogP contribution in [0.25, 0.3) is 0 Å². The third kappa shape index (κ3) is 4.63. The summed E-state index contributed by atoms with van der Waals surface area (Å²) in [6.45, 7) is 2.04. The quantitative estimate of drug-likeness (QED) is 0.845. The molecule has 0 saturated carbocycles. The van der Waals surface area contributed by atoms with Crippen molar-refractivity contribution in [2.45, 2.75) is 28.9 Å². The smallest absolute Gasteiger partial charge is 0.125 e. The van der Waals surface area contributed by atoms with Crippen LogP contribution in [0.2, 0.25) is 0 Å². The van der Waals surface area contributed by atoms with E-state index in [9.17, 15) is 4.21 Å². The molecule has 3 rings (SSSR count). The zero-order valence-corrected chi connectivity index (χ0v) is 15.6. The number of aryl methyl sites for hydroxylation is 1. The van der Waals surface area contributed by atoms with Gasteiger partial charge >= 0.3 is 0 Å². The molecule has 1 heterocycles. The monoisotopic (exact) mass is 363 g/mol. The van der Waals surface area contributed by atoms with E-state index in [4.69, 9.17) is 0 Å². The Morgan fingerprint density at radius 2 is 1.70 bits per heavy atom. The van der Waals surface area contributed by atoms with E-state index < -0.39 is 11.0 Å². The highest BCUT2D eigenvalue weighted by atomic mass is 32.2. The van der Waals surface area contributed by atoms with Gasteiger partial charge in [0.05, 0.1) is 15.5 Å². The maximum absolute atomic E-state index is 12.8. The number of nitrogens with one attached hydrogen (secondary N) is 1.